The van der Waals surface area contributed by atoms with Crippen LogP contribution in [-0.2, 0) is 0 Å². The quantitative estimate of drug-likeness (QED) is 0.170. The number of phenolic OH excluding ortho intramolecular Hbond substituents is 1. The number of aryl methyl sites for hydroxylation is 3. The van der Waals surface area contributed by atoms with Gasteiger partial charge in [0.05, 0.1) is 11.3 Å². The second kappa shape index (κ2) is 9.00. The first kappa shape index (κ1) is 20.7. The topological polar surface area (TPSA) is 107 Å². The molecule has 0 saturated carbocycles. The molecule has 0 saturated heterocycles. The molecule has 7 heteroatoms. The molecule has 30 heavy (non-hydrogen) atoms. The molecule has 0 unspecified atom stereocenters. The molecule has 0 heterocycles. The van der Waals surface area contributed by atoms with Gasteiger partial charge in [0.2, 0.25) is 5.84 Å². The summed E-state index contributed by atoms with van der Waals surface area (Å²) in [6, 6.07) is 17.7. The number of nitrogens with one attached hydrogen (secondary N) is 1. The van der Waals surface area contributed by atoms with Crippen molar-refractivity contribution < 1.29 is 15.0 Å². The van der Waals surface area contributed by atoms with Crippen LogP contribution in [0.4, 0.5) is 11.4 Å². The number of hydrazone groups is 1. The third-order valence-corrected chi connectivity index (χ3v) is 4.39. The molecule has 0 aliphatic rings. The number of amidine groups is 1. The van der Waals surface area contributed by atoms with Gasteiger partial charge < -0.3 is 10.2 Å². The van der Waals surface area contributed by atoms with Crippen LogP contribution in [0.25, 0.3) is 0 Å². The monoisotopic (exact) mass is 402 g/mol. The lowest BCUT2D eigenvalue weighted by Crippen LogP contribution is -2.02. The van der Waals surface area contributed by atoms with Crippen molar-refractivity contribution in [3.8, 4) is 5.75 Å². The maximum Gasteiger partial charge on any atom is 0.337 e. The summed E-state index contributed by atoms with van der Waals surface area (Å²) in [7, 11) is 0. The Labute approximate surface area is 174 Å². The van der Waals surface area contributed by atoms with Crippen LogP contribution in [0.5, 0.6) is 5.75 Å². The van der Waals surface area contributed by atoms with E-state index in [0.717, 1.165) is 16.7 Å². The van der Waals surface area contributed by atoms with Gasteiger partial charge in [-0.25, -0.2) is 4.79 Å². The number of azo groups is 1. The van der Waals surface area contributed by atoms with Gasteiger partial charge in [0.25, 0.3) is 0 Å². The lowest BCUT2D eigenvalue weighted by atomic mass is 10.1. The van der Waals surface area contributed by atoms with Gasteiger partial charge in [-0.2, -0.15) is 5.10 Å². The molecule has 3 aromatic rings. The van der Waals surface area contributed by atoms with Gasteiger partial charge in [0.15, 0.2) is 0 Å². The normalized spacial score (nSPS) is 11.6. The number of rotatable bonds is 5. The summed E-state index contributed by atoms with van der Waals surface area (Å²) < 4.78 is 0. The van der Waals surface area contributed by atoms with Crippen LogP contribution in [0.15, 0.2) is 76.0 Å². The Morgan fingerprint density at radius 2 is 1.67 bits per heavy atom. The maximum atomic E-state index is 11.5. The van der Waals surface area contributed by atoms with E-state index in [9.17, 15) is 15.0 Å². The fraction of sp³-hybridized carbons (Fsp3) is 0.130. The minimum atomic E-state index is -1.08. The number of nitrogens with zero attached hydrogens (tertiary/aromatic N) is 3. The summed E-state index contributed by atoms with van der Waals surface area (Å²) in [5.41, 5.74) is 6.76. The molecule has 0 aromatic heterocycles. The molecule has 3 aromatic carbocycles. The molecular weight excluding hydrogens is 380 g/mol. The zero-order valence-corrected chi connectivity index (χ0v) is 16.9. The van der Waals surface area contributed by atoms with Crippen LogP contribution >= 0.6 is 0 Å². The highest BCUT2D eigenvalue weighted by atomic mass is 16.4. The first-order chi connectivity index (χ1) is 14.3. The fourth-order valence-corrected chi connectivity index (χ4v) is 2.90. The number of aromatic carboxylic acids is 1. The average molecular weight is 402 g/mol. The van der Waals surface area contributed by atoms with Gasteiger partial charge in [-0.15, -0.1) is 10.2 Å². The molecule has 0 bridgehead atoms. The zero-order chi connectivity index (χ0) is 21.7. The van der Waals surface area contributed by atoms with E-state index in [1.54, 1.807) is 31.2 Å². The summed E-state index contributed by atoms with van der Waals surface area (Å²) >= 11 is 0. The summed E-state index contributed by atoms with van der Waals surface area (Å²) in [6.45, 7) is 5.54. The van der Waals surface area contributed by atoms with E-state index in [2.05, 4.69) is 20.8 Å². The number of carboxylic acids is 1. The summed E-state index contributed by atoms with van der Waals surface area (Å²) in [6.07, 6.45) is 0. The molecule has 0 fully saturated rings. The first-order valence-electron chi connectivity index (χ1n) is 9.30. The predicted molar refractivity (Wildman–Crippen MR) is 117 cm³/mol. The van der Waals surface area contributed by atoms with Crippen LogP contribution in [0.2, 0.25) is 0 Å². The lowest BCUT2D eigenvalue weighted by Gasteiger charge is -2.09. The number of aromatic hydroxyl groups is 1. The second-order valence-corrected chi connectivity index (χ2v) is 6.92. The third kappa shape index (κ3) is 4.88. The van der Waals surface area contributed by atoms with Crippen molar-refractivity contribution in [1.82, 2.24) is 0 Å². The van der Waals surface area contributed by atoms with Crippen molar-refractivity contribution in [1.29, 1.82) is 0 Å². The van der Waals surface area contributed by atoms with E-state index in [-0.39, 0.29) is 22.8 Å². The van der Waals surface area contributed by atoms with Gasteiger partial charge in [-0.1, -0.05) is 48.0 Å². The Hall–Kier alpha value is -4.00. The number of carboxylic acid groups (broad SMARTS) is 1. The highest BCUT2D eigenvalue weighted by molar-refractivity contribution is 6.00. The Bertz CT molecular complexity index is 1140. The maximum absolute atomic E-state index is 11.5. The van der Waals surface area contributed by atoms with Gasteiger partial charge >= 0.3 is 5.97 Å². The number of hydrogen-bond donors (Lipinski definition) is 3. The second-order valence-electron chi connectivity index (χ2n) is 6.92. The van der Waals surface area contributed by atoms with Gasteiger partial charge in [-0.05, 0) is 50.1 Å². The van der Waals surface area contributed by atoms with Crippen LogP contribution < -0.4 is 5.43 Å². The van der Waals surface area contributed by atoms with Gasteiger partial charge in [0.1, 0.15) is 11.4 Å². The van der Waals surface area contributed by atoms with Crippen molar-refractivity contribution in [2.45, 2.75) is 20.8 Å². The number of hydrogen-bond acceptors (Lipinski definition) is 5. The highest BCUT2D eigenvalue weighted by Crippen LogP contribution is 2.29. The molecule has 3 N–H and O–H groups in total. The summed E-state index contributed by atoms with van der Waals surface area (Å²) in [4.78, 5) is 11.5. The van der Waals surface area contributed by atoms with Crippen LogP contribution in [-0.4, -0.2) is 22.0 Å². The third-order valence-electron chi connectivity index (χ3n) is 4.39. The number of benzene rings is 3. The summed E-state index contributed by atoms with van der Waals surface area (Å²) in [5, 5.41) is 32.4. The standard InChI is InChI=1S/C23H22N4O3/c1-14-9-10-19(18(12-14)23(29)30)24-26-22(17-7-5-4-6-8-17)27-25-20-13-15(2)11-16(3)21(20)28/h4-13,25,28H,1-3H3,(H,29,30)/b26-24?,27-22-. The molecule has 0 radical (unpaired) electrons. The Morgan fingerprint density at radius 1 is 0.933 bits per heavy atom. The van der Waals surface area contributed by atoms with Crippen molar-refractivity contribution >= 4 is 23.2 Å². The van der Waals surface area contributed by atoms with E-state index < -0.39 is 5.97 Å². The minimum Gasteiger partial charge on any atom is -0.505 e. The lowest BCUT2D eigenvalue weighted by molar-refractivity contribution is 0.0697. The Kier molecular flexibility index (Phi) is 6.22. The molecule has 0 aliphatic heterocycles. The van der Waals surface area contributed by atoms with Crippen molar-refractivity contribution in [2.75, 3.05) is 5.43 Å². The highest BCUT2D eigenvalue weighted by Gasteiger charge is 2.11. The smallest absolute Gasteiger partial charge is 0.337 e. The Balaban J connectivity index is 2.00. The first-order valence-corrected chi connectivity index (χ1v) is 9.30. The molecule has 0 atom stereocenters. The largest absolute Gasteiger partial charge is 0.505 e. The molecule has 7 nitrogen and oxygen atoms in total. The van der Waals surface area contributed by atoms with Crippen molar-refractivity contribution in [3.63, 3.8) is 0 Å². The van der Waals surface area contributed by atoms with E-state index in [0.29, 0.717) is 11.3 Å². The van der Waals surface area contributed by atoms with E-state index in [4.69, 9.17) is 0 Å². The number of carbonyl (C=O) groups is 1. The zero-order valence-electron chi connectivity index (χ0n) is 16.9. The Morgan fingerprint density at radius 3 is 2.37 bits per heavy atom. The molecule has 0 amide bonds. The molecular formula is C23H22N4O3. The predicted octanol–water partition coefficient (Wildman–Crippen LogP) is 5.57. The van der Waals surface area contributed by atoms with E-state index >= 15 is 0 Å². The van der Waals surface area contributed by atoms with Gasteiger partial charge in [0, 0.05) is 5.56 Å². The van der Waals surface area contributed by atoms with E-state index in [1.165, 1.54) is 0 Å². The molecule has 0 spiro atoms. The van der Waals surface area contributed by atoms with Crippen LogP contribution in [0.3, 0.4) is 0 Å². The fourth-order valence-electron chi connectivity index (χ4n) is 2.90. The minimum absolute atomic E-state index is 0.0612. The SMILES string of the molecule is Cc1cc(C)c(O)c(N/N=C(\N=Nc2ccc(C)cc2C(=O)O)c2ccccc2)c1. The summed E-state index contributed by atoms with van der Waals surface area (Å²) in [5.74, 6) is -0.740. The molecule has 3 rings (SSSR count). The number of phenols is 1. The molecule has 0 aliphatic carbocycles. The van der Waals surface area contributed by atoms with Crippen LogP contribution in [0.1, 0.15) is 32.6 Å². The number of anilines is 1. The van der Waals surface area contributed by atoms with Crippen molar-refractivity contribution in [2.24, 2.45) is 15.3 Å². The van der Waals surface area contributed by atoms with Gasteiger partial charge in [-0.3, -0.25) is 5.43 Å². The molecule has 152 valence electrons. The average Bonchev–Trinajstić information content (AvgIpc) is 2.72. The van der Waals surface area contributed by atoms with Crippen molar-refractivity contribution in [3.05, 3.63) is 88.5 Å². The van der Waals surface area contributed by atoms with E-state index in [1.807, 2.05) is 50.2 Å². The van der Waals surface area contributed by atoms with Crippen LogP contribution in [0, 0.1) is 20.8 Å².